The Morgan fingerprint density at radius 1 is 1.42 bits per heavy atom. The molecule has 0 unspecified atom stereocenters. The van der Waals surface area contributed by atoms with Crippen molar-refractivity contribution < 1.29 is 9.90 Å². The van der Waals surface area contributed by atoms with E-state index in [0.717, 1.165) is 5.56 Å². The van der Waals surface area contributed by atoms with Crippen LogP contribution in [0.3, 0.4) is 0 Å². The van der Waals surface area contributed by atoms with Gasteiger partial charge in [0.15, 0.2) is 0 Å². The standard InChI is InChI=1S/C13H21N3O3/c1-7(2)11(6-17)16-12(18)5-10-8(3)14-13(19)15-9(10)4/h7,11,17H,5-6H2,1-4H3,(H,16,18)(H,14,15,19)/t11-/m1/s1. The van der Waals surface area contributed by atoms with Crippen molar-refractivity contribution in [3.63, 3.8) is 0 Å². The van der Waals surface area contributed by atoms with Crippen molar-refractivity contribution in [3.8, 4) is 0 Å². The number of aryl methyl sites for hydroxylation is 2. The second-order valence-corrected chi connectivity index (χ2v) is 5.01. The van der Waals surface area contributed by atoms with Gasteiger partial charge in [-0.3, -0.25) is 4.79 Å². The van der Waals surface area contributed by atoms with Gasteiger partial charge in [-0.1, -0.05) is 13.8 Å². The number of amides is 1. The van der Waals surface area contributed by atoms with Crippen LogP contribution in [0.1, 0.15) is 30.8 Å². The maximum absolute atomic E-state index is 11.9. The highest BCUT2D eigenvalue weighted by atomic mass is 16.3. The molecule has 1 rings (SSSR count). The second kappa shape index (κ2) is 6.47. The summed E-state index contributed by atoms with van der Waals surface area (Å²) in [4.78, 5) is 29.5. The van der Waals surface area contributed by atoms with Crippen LogP contribution < -0.4 is 11.0 Å². The zero-order chi connectivity index (χ0) is 14.6. The molecule has 0 aliphatic carbocycles. The van der Waals surface area contributed by atoms with Gasteiger partial charge in [0.05, 0.1) is 19.1 Å². The van der Waals surface area contributed by atoms with E-state index < -0.39 is 5.69 Å². The molecular weight excluding hydrogens is 246 g/mol. The summed E-state index contributed by atoms with van der Waals surface area (Å²) >= 11 is 0. The van der Waals surface area contributed by atoms with E-state index in [0.29, 0.717) is 11.4 Å². The number of hydrogen-bond acceptors (Lipinski definition) is 4. The number of aliphatic hydroxyl groups excluding tert-OH is 1. The van der Waals surface area contributed by atoms with Gasteiger partial charge in [0.2, 0.25) is 5.91 Å². The van der Waals surface area contributed by atoms with Crippen molar-refractivity contribution in [2.24, 2.45) is 5.92 Å². The highest BCUT2D eigenvalue weighted by molar-refractivity contribution is 5.79. The Morgan fingerprint density at radius 3 is 2.53 bits per heavy atom. The fraction of sp³-hybridized carbons (Fsp3) is 0.615. The fourth-order valence-electron chi connectivity index (χ4n) is 1.86. The third-order valence-electron chi connectivity index (χ3n) is 3.14. The number of rotatable bonds is 5. The Hall–Kier alpha value is -1.69. The zero-order valence-corrected chi connectivity index (χ0v) is 11.8. The number of hydrogen-bond donors (Lipinski definition) is 3. The lowest BCUT2D eigenvalue weighted by Crippen LogP contribution is -2.42. The lowest BCUT2D eigenvalue weighted by Gasteiger charge is -2.20. The molecule has 0 saturated carbocycles. The highest BCUT2D eigenvalue weighted by Crippen LogP contribution is 2.08. The van der Waals surface area contributed by atoms with E-state index in [1.807, 2.05) is 13.8 Å². The summed E-state index contributed by atoms with van der Waals surface area (Å²) in [5, 5.41) is 12.0. The van der Waals surface area contributed by atoms with Crippen LogP contribution in [0.2, 0.25) is 0 Å². The normalized spacial score (nSPS) is 12.5. The number of nitrogens with one attached hydrogen (secondary N) is 2. The third kappa shape index (κ3) is 4.17. The smallest absolute Gasteiger partial charge is 0.345 e. The average molecular weight is 267 g/mol. The van der Waals surface area contributed by atoms with E-state index in [9.17, 15) is 14.7 Å². The molecule has 6 nitrogen and oxygen atoms in total. The van der Waals surface area contributed by atoms with Crippen molar-refractivity contribution >= 4 is 5.91 Å². The summed E-state index contributed by atoms with van der Waals surface area (Å²) < 4.78 is 0. The molecule has 0 saturated heterocycles. The Labute approximate surface area is 112 Å². The quantitative estimate of drug-likeness (QED) is 0.703. The minimum atomic E-state index is -0.408. The Balaban J connectivity index is 2.80. The van der Waals surface area contributed by atoms with Gasteiger partial charge < -0.3 is 15.4 Å². The second-order valence-electron chi connectivity index (χ2n) is 5.01. The summed E-state index contributed by atoms with van der Waals surface area (Å²) in [6.07, 6.45) is 0.144. The first-order valence-corrected chi connectivity index (χ1v) is 6.31. The number of nitrogens with zero attached hydrogens (tertiary/aromatic N) is 1. The van der Waals surface area contributed by atoms with Crippen LogP contribution in [0, 0.1) is 19.8 Å². The van der Waals surface area contributed by atoms with Crippen molar-refractivity contribution in [1.82, 2.24) is 15.3 Å². The van der Waals surface area contributed by atoms with Crippen LogP contribution in [-0.4, -0.2) is 33.6 Å². The van der Waals surface area contributed by atoms with Crippen molar-refractivity contribution in [3.05, 3.63) is 27.4 Å². The van der Waals surface area contributed by atoms with Gasteiger partial charge in [0.1, 0.15) is 0 Å². The molecule has 3 N–H and O–H groups in total. The molecule has 0 bridgehead atoms. The van der Waals surface area contributed by atoms with Crippen LogP contribution in [-0.2, 0) is 11.2 Å². The van der Waals surface area contributed by atoms with E-state index in [1.54, 1.807) is 13.8 Å². The van der Waals surface area contributed by atoms with E-state index >= 15 is 0 Å². The first-order chi connectivity index (χ1) is 8.85. The molecule has 1 amide bonds. The molecule has 1 aromatic rings. The minimum absolute atomic E-state index is 0.0920. The molecule has 1 aromatic heterocycles. The van der Waals surface area contributed by atoms with Gasteiger partial charge in [-0.05, 0) is 19.8 Å². The molecule has 0 radical (unpaired) electrons. The Kier molecular flexibility index (Phi) is 5.23. The molecule has 1 atom stereocenters. The molecule has 1 heterocycles. The zero-order valence-electron chi connectivity index (χ0n) is 11.8. The largest absolute Gasteiger partial charge is 0.394 e. The number of aromatic nitrogens is 2. The van der Waals surface area contributed by atoms with Gasteiger partial charge in [0.25, 0.3) is 0 Å². The minimum Gasteiger partial charge on any atom is -0.394 e. The van der Waals surface area contributed by atoms with E-state index in [2.05, 4.69) is 15.3 Å². The van der Waals surface area contributed by atoms with Crippen molar-refractivity contribution in [2.75, 3.05) is 6.61 Å². The van der Waals surface area contributed by atoms with Gasteiger partial charge in [-0.25, -0.2) is 4.79 Å². The number of aliphatic hydroxyl groups is 1. The maximum atomic E-state index is 11.9. The summed E-state index contributed by atoms with van der Waals surface area (Å²) in [5.41, 5.74) is 1.52. The average Bonchev–Trinajstić information content (AvgIpc) is 2.30. The van der Waals surface area contributed by atoms with E-state index in [-0.39, 0.29) is 30.9 Å². The van der Waals surface area contributed by atoms with Gasteiger partial charge in [0, 0.05) is 17.0 Å². The molecule has 0 aliphatic rings. The first-order valence-electron chi connectivity index (χ1n) is 6.31. The number of carbonyl (C=O) groups is 1. The first kappa shape index (κ1) is 15.4. The Bertz CT molecular complexity index is 482. The topological polar surface area (TPSA) is 95.1 Å². The van der Waals surface area contributed by atoms with Crippen LogP contribution in [0.25, 0.3) is 0 Å². The molecule has 0 fully saturated rings. The summed E-state index contributed by atoms with van der Waals surface area (Å²) in [7, 11) is 0. The highest BCUT2D eigenvalue weighted by Gasteiger charge is 2.17. The maximum Gasteiger partial charge on any atom is 0.345 e. The van der Waals surface area contributed by atoms with Crippen LogP contribution >= 0.6 is 0 Å². The molecule has 0 aliphatic heterocycles. The van der Waals surface area contributed by atoms with Crippen LogP contribution in [0.15, 0.2) is 4.79 Å². The van der Waals surface area contributed by atoms with Gasteiger partial charge >= 0.3 is 5.69 Å². The van der Waals surface area contributed by atoms with E-state index in [4.69, 9.17) is 0 Å². The van der Waals surface area contributed by atoms with Gasteiger partial charge in [-0.2, -0.15) is 4.98 Å². The summed E-state index contributed by atoms with van der Waals surface area (Å²) in [5.74, 6) is -0.0300. The number of aromatic amines is 1. The van der Waals surface area contributed by atoms with Crippen LogP contribution in [0.4, 0.5) is 0 Å². The fourth-order valence-corrected chi connectivity index (χ4v) is 1.86. The molecule has 0 spiro atoms. The SMILES string of the molecule is Cc1nc(=O)[nH]c(C)c1CC(=O)N[C@H](CO)C(C)C. The number of H-pyrrole nitrogens is 1. The molecule has 6 heteroatoms. The molecule has 106 valence electrons. The van der Waals surface area contributed by atoms with Crippen molar-refractivity contribution in [2.45, 2.75) is 40.2 Å². The lowest BCUT2D eigenvalue weighted by atomic mass is 10.0. The summed E-state index contributed by atoms with van der Waals surface area (Å²) in [6, 6.07) is -0.260. The van der Waals surface area contributed by atoms with E-state index in [1.165, 1.54) is 0 Å². The van der Waals surface area contributed by atoms with Crippen LogP contribution in [0.5, 0.6) is 0 Å². The monoisotopic (exact) mass is 267 g/mol. The summed E-state index contributed by atoms with van der Waals surface area (Å²) in [6.45, 7) is 7.21. The lowest BCUT2D eigenvalue weighted by molar-refractivity contribution is -0.121. The third-order valence-corrected chi connectivity index (χ3v) is 3.14. The molecule has 0 aromatic carbocycles. The predicted octanol–water partition coefficient (Wildman–Crippen LogP) is 0.0623. The van der Waals surface area contributed by atoms with Gasteiger partial charge in [-0.15, -0.1) is 0 Å². The molecular formula is C13H21N3O3. The predicted molar refractivity (Wildman–Crippen MR) is 71.9 cm³/mol. The number of carbonyl (C=O) groups excluding carboxylic acids is 1. The molecule has 19 heavy (non-hydrogen) atoms. The van der Waals surface area contributed by atoms with Crippen molar-refractivity contribution in [1.29, 1.82) is 0 Å². The Morgan fingerprint density at radius 2 is 2.05 bits per heavy atom.